The van der Waals surface area contributed by atoms with Crippen LogP contribution in [-0.2, 0) is 9.84 Å². The van der Waals surface area contributed by atoms with E-state index in [-0.39, 0.29) is 17.4 Å². The van der Waals surface area contributed by atoms with Crippen LogP contribution in [0, 0.1) is 0 Å². The van der Waals surface area contributed by atoms with Crippen molar-refractivity contribution in [2.45, 2.75) is 38.6 Å². The molecule has 1 aliphatic carbocycles. The number of amides is 1. The van der Waals surface area contributed by atoms with Gasteiger partial charge in [0, 0.05) is 30.8 Å². The second kappa shape index (κ2) is 5.55. The average Bonchev–Trinajstić information content (AvgIpc) is 3.05. The molecule has 0 radical (unpaired) electrons. The lowest BCUT2D eigenvalue weighted by molar-refractivity contribution is 0.0676. The van der Waals surface area contributed by atoms with Crippen molar-refractivity contribution in [3.63, 3.8) is 0 Å². The van der Waals surface area contributed by atoms with Gasteiger partial charge in [0.2, 0.25) is 5.76 Å². The molecule has 1 fully saturated rings. The summed E-state index contributed by atoms with van der Waals surface area (Å²) in [5.41, 5.74) is 0.820. The van der Waals surface area contributed by atoms with Crippen LogP contribution < -0.4 is 0 Å². The summed E-state index contributed by atoms with van der Waals surface area (Å²) in [6.07, 6.45) is 3.34. The van der Waals surface area contributed by atoms with E-state index >= 15 is 0 Å². The predicted octanol–water partition coefficient (Wildman–Crippen LogP) is 1.45. The van der Waals surface area contributed by atoms with Gasteiger partial charge in [-0.25, -0.2) is 8.42 Å². The van der Waals surface area contributed by atoms with Crippen molar-refractivity contribution in [3.05, 3.63) is 17.5 Å². The molecule has 0 N–H and O–H groups in total. The SMILES string of the molecule is CCN(C(=O)c1cc(C2CC2)no1)C(C)CS(C)(=O)=O. The molecule has 0 saturated heterocycles. The van der Waals surface area contributed by atoms with Crippen LogP contribution >= 0.6 is 0 Å². The van der Waals surface area contributed by atoms with E-state index in [9.17, 15) is 13.2 Å². The molecule has 1 aromatic heterocycles. The Morgan fingerprint density at radius 1 is 1.55 bits per heavy atom. The molecule has 0 spiro atoms. The summed E-state index contributed by atoms with van der Waals surface area (Å²) < 4.78 is 27.8. The number of carbonyl (C=O) groups excluding carboxylic acids is 1. The number of nitrogens with zero attached hydrogens (tertiary/aromatic N) is 2. The molecule has 112 valence electrons. The molecule has 1 atom stereocenters. The van der Waals surface area contributed by atoms with Crippen LogP contribution in [0.5, 0.6) is 0 Å². The Morgan fingerprint density at radius 2 is 2.20 bits per heavy atom. The fourth-order valence-electron chi connectivity index (χ4n) is 2.29. The highest BCUT2D eigenvalue weighted by Crippen LogP contribution is 2.39. The maximum atomic E-state index is 12.4. The van der Waals surface area contributed by atoms with Gasteiger partial charge in [0.15, 0.2) is 0 Å². The van der Waals surface area contributed by atoms with Crippen molar-refractivity contribution in [2.24, 2.45) is 0 Å². The lowest BCUT2D eigenvalue weighted by atomic mass is 10.2. The summed E-state index contributed by atoms with van der Waals surface area (Å²) in [6, 6.07) is 1.28. The van der Waals surface area contributed by atoms with Crippen LogP contribution in [0.25, 0.3) is 0 Å². The number of rotatable bonds is 6. The van der Waals surface area contributed by atoms with E-state index in [1.54, 1.807) is 13.0 Å². The number of aromatic nitrogens is 1. The molecular weight excluding hydrogens is 280 g/mol. The van der Waals surface area contributed by atoms with Crippen LogP contribution in [0.15, 0.2) is 10.6 Å². The summed E-state index contributed by atoms with van der Waals surface area (Å²) in [7, 11) is -3.13. The first kappa shape index (κ1) is 15.0. The standard InChI is InChI=1S/C13H20N2O4S/c1-4-15(9(2)8-20(3,17)18)13(16)12-7-11(14-19-12)10-5-6-10/h7,9-10H,4-6,8H2,1-3H3. The molecule has 1 amide bonds. The van der Waals surface area contributed by atoms with Gasteiger partial charge < -0.3 is 9.42 Å². The first-order valence-electron chi connectivity index (χ1n) is 6.77. The molecule has 1 unspecified atom stereocenters. The van der Waals surface area contributed by atoms with Crippen molar-refractivity contribution >= 4 is 15.7 Å². The molecule has 0 bridgehead atoms. The van der Waals surface area contributed by atoms with Gasteiger partial charge in [-0.3, -0.25) is 4.79 Å². The van der Waals surface area contributed by atoms with Crippen LogP contribution in [-0.4, -0.2) is 49.0 Å². The van der Waals surface area contributed by atoms with Gasteiger partial charge in [-0.1, -0.05) is 5.16 Å². The number of hydrogen-bond acceptors (Lipinski definition) is 5. The average molecular weight is 300 g/mol. The first-order valence-corrected chi connectivity index (χ1v) is 8.83. The maximum Gasteiger partial charge on any atom is 0.292 e. The highest BCUT2D eigenvalue weighted by atomic mass is 32.2. The third kappa shape index (κ3) is 3.59. The van der Waals surface area contributed by atoms with E-state index in [4.69, 9.17) is 4.52 Å². The minimum Gasteiger partial charge on any atom is -0.351 e. The van der Waals surface area contributed by atoms with E-state index in [0.717, 1.165) is 18.5 Å². The maximum absolute atomic E-state index is 12.4. The fraction of sp³-hybridized carbons (Fsp3) is 0.692. The van der Waals surface area contributed by atoms with Crippen LogP contribution in [0.1, 0.15) is 48.9 Å². The Balaban J connectivity index is 2.10. The zero-order chi connectivity index (χ0) is 14.9. The number of hydrogen-bond donors (Lipinski definition) is 0. The van der Waals surface area contributed by atoms with Crippen LogP contribution in [0.3, 0.4) is 0 Å². The van der Waals surface area contributed by atoms with E-state index in [1.165, 1.54) is 11.2 Å². The van der Waals surface area contributed by atoms with Crippen molar-refractivity contribution in [2.75, 3.05) is 18.6 Å². The zero-order valence-electron chi connectivity index (χ0n) is 12.0. The van der Waals surface area contributed by atoms with Crippen LogP contribution in [0.2, 0.25) is 0 Å². The molecule has 2 rings (SSSR count). The van der Waals surface area contributed by atoms with Crippen molar-refractivity contribution in [1.82, 2.24) is 10.1 Å². The fourth-order valence-corrected chi connectivity index (χ4v) is 3.34. The van der Waals surface area contributed by atoms with E-state index in [2.05, 4.69) is 5.16 Å². The molecule has 0 aliphatic heterocycles. The van der Waals surface area contributed by atoms with Crippen molar-refractivity contribution < 1.29 is 17.7 Å². The molecule has 1 aliphatic rings. The third-order valence-corrected chi connectivity index (χ3v) is 4.50. The van der Waals surface area contributed by atoms with Gasteiger partial charge in [-0.05, 0) is 26.7 Å². The van der Waals surface area contributed by atoms with E-state index in [1.807, 2.05) is 6.92 Å². The molecule has 1 heterocycles. The lowest BCUT2D eigenvalue weighted by Crippen LogP contribution is -2.42. The van der Waals surface area contributed by atoms with E-state index < -0.39 is 15.9 Å². The molecule has 0 aromatic carbocycles. The molecule has 1 saturated carbocycles. The molecule has 1 aromatic rings. The summed E-state index contributed by atoms with van der Waals surface area (Å²) in [5, 5.41) is 3.91. The molecule has 20 heavy (non-hydrogen) atoms. The predicted molar refractivity (Wildman–Crippen MR) is 74.4 cm³/mol. The zero-order valence-corrected chi connectivity index (χ0v) is 12.8. The minimum absolute atomic E-state index is 0.0593. The highest BCUT2D eigenvalue weighted by molar-refractivity contribution is 7.90. The Bertz CT molecular complexity index is 589. The smallest absolute Gasteiger partial charge is 0.292 e. The van der Waals surface area contributed by atoms with Gasteiger partial charge in [-0.15, -0.1) is 0 Å². The Labute approximate surface area is 119 Å². The summed E-state index contributed by atoms with van der Waals surface area (Å²) in [5.74, 6) is 0.247. The summed E-state index contributed by atoms with van der Waals surface area (Å²) in [4.78, 5) is 13.9. The highest BCUT2D eigenvalue weighted by Gasteiger charge is 2.30. The Kier molecular flexibility index (Phi) is 4.17. The minimum atomic E-state index is -3.13. The molecule has 6 nitrogen and oxygen atoms in total. The first-order chi connectivity index (χ1) is 9.31. The second-order valence-corrected chi connectivity index (χ2v) is 7.61. The number of carbonyl (C=O) groups is 1. The van der Waals surface area contributed by atoms with Gasteiger partial charge in [0.25, 0.3) is 5.91 Å². The summed E-state index contributed by atoms with van der Waals surface area (Å²) in [6.45, 7) is 3.96. The van der Waals surface area contributed by atoms with Gasteiger partial charge in [-0.2, -0.15) is 0 Å². The Hall–Kier alpha value is -1.37. The third-order valence-electron chi connectivity index (χ3n) is 3.41. The van der Waals surface area contributed by atoms with Crippen LogP contribution in [0.4, 0.5) is 0 Å². The lowest BCUT2D eigenvalue weighted by Gasteiger charge is -2.26. The van der Waals surface area contributed by atoms with Crippen molar-refractivity contribution in [3.8, 4) is 0 Å². The second-order valence-electron chi connectivity index (χ2n) is 5.42. The van der Waals surface area contributed by atoms with Gasteiger partial charge in [0.1, 0.15) is 9.84 Å². The monoisotopic (exact) mass is 300 g/mol. The topological polar surface area (TPSA) is 80.5 Å². The van der Waals surface area contributed by atoms with E-state index in [0.29, 0.717) is 12.5 Å². The van der Waals surface area contributed by atoms with Gasteiger partial charge in [0.05, 0.1) is 11.4 Å². The number of sulfone groups is 1. The van der Waals surface area contributed by atoms with Gasteiger partial charge >= 0.3 is 0 Å². The molecule has 7 heteroatoms. The Morgan fingerprint density at radius 3 is 2.70 bits per heavy atom. The molecular formula is C13H20N2O4S. The summed E-state index contributed by atoms with van der Waals surface area (Å²) >= 11 is 0. The largest absolute Gasteiger partial charge is 0.351 e. The quantitative estimate of drug-likeness (QED) is 0.794. The normalized spacial score (nSPS) is 16.9. The van der Waals surface area contributed by atoms with Crippen molar-refractivity contribution in [1.29, 1.82) is 0 Å².